The molecule has 2 amide bonds. The number of benzene rings is 2. The largest absolute Gasteiger partial charge is 0.495 e. The minimum atomic E-state index is -0.772. The highest BCUT2D eigenvalue weighted by atomic mass is 19.1. The Hall–Kier alpha value is -4.14. The number of nitrogens with zero attached hydrogens (tertiary/aromatic N) is 4. The number of pyridine rings is 1. The van der Waals surface area contributed by atoms with Gasteiger partial charge in [0, 0.05) is 12.3 Å². The van der Waals surface area contributed by atoms with Crippen molar-refractivity contribution in [2.24, 2.45) is 0 Å². The van der Waals surface area contributed by atoms with E-state index in [1.165, 1.54) is 18.0 Å². The van der Waals surface area contributed by atoms with Crippen molar-refractivity contribution in [2.45, 2.75) is 6.92 Å². The molecular weight excluding hydrogens is 406 g/mol. The summed E-state index contributed by atoms with van der Waals surface area (Å²) in [5.74, 6) is -2.27. The van der Waals surface area contributed by atoms with E-state index in [1.807, 2.05) is 0 Å². The van der Waals surface area contributed by atoms with Crippen LogP contribution in [0.1, 0.15) is 26.4 Å². The average Bonchev–Trinajstić information content (AvgIpc) is 3.21. The van der Waals surface area contributed by atoms with Gasteiger partial charge in [0.15, 0.2) is 5.65 Å². The van der Waals surface area contributed by atoms with Crippen molar-refractivity contribution in [2.75, 3.05) is 12.0 Å². The number of hydrogen-bond acceptors (Lipinski definition) is 5. The summed E-state index contributed by atoms with van der Waals surface area (Å²) < 4.78 is 34.0. The number of carbonyl (C=O) groups is 2. The molecule has 2 aromatic heterocycles. The molecular formula is C22H14F2N4O3. The first-order valence-corrected chi connectivity index (χ1v) is 9.27. The van der Waals surface area contributed by atoms with Crippen LogP contribution in [0.25, 0.3) is 16.7 Å². The molecule has 1 aliphatic heterocycles. The van der Waals surface area contributed by atoms with Gasteiger partial charge in [-0.2, -0.15) is 5.10 Å². The number of para-hydroxylation sites is 2. The molecule has 2 aromatic carbocycles. The van der Waals surface area contributed by atoms with Crippen molar-refractivity contribution < 1.29 is 23.1 Å². The van der Waals surface area contributed by atoms with E-state index in [1.54, 1.807) is 31.2 Å². The third-order valence-corrected chi connectivity index (χ3v) is 5.14. The number of aromatic nitrogens is 3. The first kappa shape index (κ1) is 18.9. The van der Waals surface area contributed by atoms with Crippen molar-refractivity contribution in [3.05, 3.63) is 77.1 Å². The van der Waals surface area contributed by atoms with E-state index < -0.39 is 23.4 Å². The number of carbonyl (C=O) groups excluding carboxylic acids is 2. The molecule has 0 aliphatic carbocycles. The summed E-state index contributed by atoms with van der Waals surface area (Å²) in [4.78, 5) is 31.8. The minimum absolute atomic E-state index is 0.112. The van der Waals surface area contributed by atoms with Gasteiger partial charge in [-0.05, 0) is 31.2 Å². The van der Waals surface area contributed by atoms with Crippen LogP contribution in [-0.2, 0) is 0 Å². The van der Waals surface area contributed by atoms with Gasteiger partial charge < -0.3 is 4.74 Å². The maximum absolute atomic E-state index is 13.7. The van der Waals surface area contributed by atoms with Crippen LogP contribution in [0.3, 0.4) is 0 Å². The van der Waals surface area contributed by atoms with Crippen molar-refractivity contribution >= 4 is 28.5 Å². The predicted octanol–water partition coefficient (Wildman–Crippen LogP) is 3.82. The zero-order valence-corrected chi connectivity index (χ0v) is 16.4. The van der Waals surface area contributed by atoms with Crippen molar-refractivity contribution in [3.8, 4) is 11.4 Å². The number of amides is 2. The fourth-order valence-electron chi connectivity index (χ4n) is 3.84. The number of fused-ring (bicyclic) bond motifs is 3. The molecule has 0 spiro atoms. The number of aryl methyl sites for hydroxylation is 1. The van der Waals surface area contributed by atoms with Crippen molar-refractivity contribution in [1.82, 2.24) is 14.8 Å². The molecule has 3 heterocycles. The number of ether oxygens (including phenoxy) is 1. The summed E-state index contributed by atoms with van der Waals surface area (Å²) in [6.45, 7) is 1.64. The first-order valence-electron chi connectivity index (χ1n) is 9.27. The van der Waals surface area contributed by atoms with Crippen LogP contribution in [-0.4, -0.2) is 33.7 Å². The summed E-state index contributed by atoms with van der Waals surface area (Å²) >= 11 is 0. The molecule has 0 unspecified atom stereocenters. The van der Waals surface area contributed by atoms with Gasteiger partial charge in [0.05, 0.1) is 40.7 Å². The molecule has 9 heteroatoms. The normalized spacial score (nSPS) is 13.2. The summed E-state index contributed by atoms with van der Waals surface area (Å²) in [6.07, 6.45) is 1.28. The Morgan fingerprint density at radius 2 is 1.71 bits per heavy atom. The van der Waals surface area contributed by atoms with E-state index >= 15 is 0 Å². The second-order valence-corrected chi connectivity index (χ2v) is 6.99. The molecule has 0 fully saturated rings. The fraction of sp³-hybridized carbons (Fsp3) is 0.0909. The van der Waals surface area contributed by atoms with E-state index in [2.05, 4.69) is 10.1 Å². The smallest absolute Gasteiger partial charge is 0.267 e. The Morgan fingerprint density at radius 3 is 2.42 bits per heavy atom. The standard InChI is InChI=1S/C22H14F2N4O3/c1-11-18-19-15(21(29)27(22(19)30)16-5-3-4-6-17(16)31-2)10-25-20(18)28(26-11)14-8-12(23)7-13(24)9-14/h3-10H,1-2H3. The van der Waals surface area contributed by atoms with E-state index in [9.17, 15) is 18.4 Å². The molecule has 7 nitrogen and oxygen atoms in total. The number of hydrogen-bond donors (Lipinski definition) is 0. The molecule has 5 rings (SSSR count). The Kier molecular flexibility index (Phi) is 4.07. The van der Waals surface area contributed by atoms with Crippen molar-refractivity contribution in [3.63, 3.8) is 0 Å². The lowest BCUT2D eigenvalue weighted by molar-refractivity contribution is 0.0925. The highest BCUT2D eigenvalue weighted by Gasteiger charge is 2.41. The number of methoxy groups -OCH3 is 1. The highest BCUT2D eigenvalue weighted by Crippen LogP contribution is 2.37. The number of rotatable bonds is 3. The topological polar surface area (TPSA) is 77.3 Å². The average molecular weight is 420 g/mol. The molecule has 154 valence electrons. The number of anilines is 1. The molecule has 4 aromatic rings. The SMILES string of the molecule is COc1ccccc1N1C(=O)c2cnc3c(c(C)nn3-c3cc(F)cc(F)c3)c2C1=O. The summed E-state index contributed by atoms with van der Waals surface area (Å²) in [5.41, 5.74) is 1.29. The van der Waals surface area contributed by atoms with Crippen LogP contribution in [0.4, 0.5) is 14.5 Å². The number of imide groups is 1. The van der Waals surface area contributed by atoms with E-state index in [0.29, 0.717) is 22.5 Å². The zero-order valence-electron chi connectivity index (χ0n) is 16.4. The zero-order chi connectivity index (χ0) is 21.9. The number of halogens is 2. The Morgan fingerprint density at radius 1 is 1.00 bits per heavy atom. The quantitative estimate of drug-likeness (QED) is 0.471. The van der Waals surface area contributed by atoms with Crippen LogP contribution in [0.5, 0.6) is 5.75 Å². The van der Waals surface area contributed by atoms with Gasteiger partial charge in [-0.1, -0.05) is 12.1 Å². The Balaban J connectivity index is 1.73. The van der Waals surface area contributed by atoms with Crippen LogP contribution in [0, 0.1) is 18.6 Å². The molecule has 0 N–H and O–H groups in total. The van der Waals surface area contributed by atoms with E-state index in [4.69, 9.17) is 4.74 Å². The molecule has 0 bridgehead atoms. The van der Waals surface area contributed by atoms with E-state index in [-0.39, 0.29) is 22.5 Å². The van der Waals surface area contributed by atoms with Gasteiger partial charge in [-0.25, -0.2) is 23.3 Å². The molecule has 0 atom stereocenters. The van der Waals surface area contributed by atoms with Gasteiger partial charge in [-0.15, -0.1) is 0 Å². The van der Waals surface area contributed by atoms with Crippen LogP contribution >= 0.6 is 0 Å². The molecule has 0 saturated carbocycles. The third-order valence-electron chi connectivity index (χ3n) is 5.14. The van der Waals surface area contributed by atoms with E-state index in [0.717, 1.165) is 23.1 Å². The van der Waals surface area contributed by atoms with Gasteiger partial charge >= 0.3 is 0 Å². The Bertz CT molecular complexity index is 1390. The molecule has 1 aliphatic rings. The van der Waals surface area contributed by atoms with Crippen LogP contribution in [0.15, 0.2) is 48.7 Å². The monoisotopic (exact) mass is 420 g/mol. The molecule has 0 saturated heterocycles. The maximum Gasteiger partial charge on any atom is 0.267 e. The Labute approximate surface area is 174 Å². The third kappa shape index (κ3) is 2.70. The van der Waals surface area contributed by atoms with Gasteiger partial charge in [0.2, 0.25) is 0 Å². The molecule has 31 heavy (non-hydrogen) atoms. The summed E-state index contributed by atoms with van der Waals surface area (Å²) in [6, 6.07) is 9.64. The van der Waals surface area contributed by atoms with Gasteiger partial charge in [0.1, 0.15) is 17.4 Å². The maximum atomic E-state index is 13.7. The molecule has 0 radical (unpaired) electrons. The minimum Gasteiger partial charge on any atom is -0.495 e. The first-order chi connectivity index (χ1) is 14.9. The lowest BCUT2D eigenvalue weighted by Crippen LogP contribution is -2.29. The lowest BCUT2D eigenvalue weighted by atomic mass is 10.1. The second-order valence-electron chi connectivity index (χ2n) is 6.99. The fourth-order valence-corrected chi connectivity index (χ4v) is 3.84. The lowest BCUT2D eigenvalue weighted by Gasteiger charge is -2.16. The highest BCUT2D eigenvalue weighted by molar-refractivity contribution is 6.37. The summed E-state index contributed by atoms with van der Waals surface area (Å²) in [7, 11) is 1.45. The predicted molar refractivity (Wildman–Crippen MR) is 108 cm³/mol. The van der Waals surface area contributed by atoms with Crippen LogP contribution < -0.4 is 9.64 Å². The van der Waals surface area contributed by atoms with Crippen molar-refractivity contribution in [1.29, 1.82) is 0 Å². The van der Waals surface area contributed by atoms with Gasteiger partial charge in [0.25, 0.3) is 11.8 Å². The summed E-state index contributed by atoms with van der Waals surface area (Å²) in [5, 5.41) is 4.67. The van der Waals surface area contributed by atoms with Gasteiger partial charge in [-0.3, -0.25) is 9.59 Å². The van der Waals surface area contributed by atoms with Crippen LogP contribution in [0.2, 0.25) is 0 Å². The second kappa shape index (κ2) is 6.69.